The van der Waals surface area contributed by atoms with Gasteiger partial charge in [0.1, 0.15) is 0 Å². The first-order chi connectivity index (χ1) is 6.29. The zero-order chi connectivity index (χ0) is 9.26. The Morgan fingerprint density at radius 3 is 3.08 bits per heavy atom. The van der Waals surface area contributed by atoms with Crippen molar-refractivity contribution < 1.29 is 0 Å². The topological polar surface area (TPSA) is 12.9 Å². The van der Waals surface area contributed by atoms with E-state index in [9.17, 15) is 0 Å². The Morgan fingerprint density at radius 1 is 1.46 bits per heavy atom. The van der Waals surface area contributed by atoms with E-state index >= 15 is 0 Å². The van der Waals surface area contributed by atoms with Crippen LogP contribution >= 0.6 is 27.3 Å². The van der Waals surface area contributed by atoms with E-state index in [4.69, 9.17) is 0 Å². The predicted molar refractivity (Wildman–Crippen MR) is 61.3 cm³/mol. The van der Waals surface area contributed by atoms with Crippen LogP contribution in [0.2, 0.25) is 0 Å². The van der Waals surface area contributed by atoms with Gasteiger partial charge in [-0.15, -0.1) is 11.3 Å². The minimum absolute atomic E-state index is 1.09. The molecule has 0 radical (unpaired) electrons. The summed E-state index contributed by atoms with van der Waals surface area (Å²) < 4.78 is 2.41. The molecule has 13 heavy (non-hydrogen) atoms. The zero-order valence-electron chi connectivity index (χ0n) is 7.38. The maximum Gasteiger partial charge on any atom is 0.0938 e. The molecule has 1 aromatic heterocycles. The predicted octanol–water partition coefficient (Wildman–Crippen LogP) is 4.01. The number of aryl methyl sites for hydroxylation is 1. The molecule has 1 aromatic carbocycles. The van der Waals surface area contributed by atoms with Crippen LogP contribution in [-0.4, -0.2) is 4.98 Å². The number of nitrogens with zero attached hydrogens (tertiary/aromatic N) is 1. The van der Waals surface area contributed by atoms with Crippen LogP contribution in [0.15, 0.2) is 22.7 Å². The molecule has 0 aliphatic rings. The van der Waals surface area contributed by atoms with E-state index in [-0.39, 0.29) is 0 Å². The number of thiazole rings is 1. The van der Waals surface area contributed by atoms with Gasteiger partial charge >= 0.3 is 0 Å². The number of aromatic nitrogens is 1. The van der Waals surface area contributed by atoms with E-state index in [1.165, 1.54) is 16.1 Å². The van der Waals surface area contributed by atoms with Gasteiger partial charge in [-0.1, -0.05) is 22.9 Å². The quantitative estimate of drug-likeness (QED) is 0.791. The molecule has 0 aliphatic carbocycles. The third-order valence-corrected chi connectivity index (χ3v) is 3.43. The SMILES string of the molecule is CCCc1nc2ccc(Br)cc2s1. The molecule has 0 bridgehead atoms. The van der Waals surface area contributed by atoms with E-state index in [2.05, 4.69) is 40.0 Å². The van der Waals surface area contributed by atoms with Crippen LogP contribution in [0.4, 0.5) is 0 Å². The van der Waals surface area contributed by atoms with Crippen LogP contribution in [0.25, 0.3) is 10.2 Å². The molecule has 0 N–H and O–H groups in total. The lowest BCUT2D eigenvalue weighted by molar-refractivity contribution is 0.913. The maximum atomic E-state index is 4.54. The third kappa shape index (κ3) is 1.92. The van der Waals surface area contributed by atoms with Crippen molar-refractivity contribution >= 4 is 37.5 Å². The van der Waals surface area contributed by atoms with Crippen molar-refractivity contribution in [1.82, 2.24) is 4.98 Å². The van der Waals surface area contributed by atoms with Crippen LogP contribution in [0.1, 0.15) is 18.4 Å². The number of hydrogen-bond acceptors (Lipinski definition) is 2. The summed E-state index contributed by atoms with van der Waals surface area (Å²) in [5, 5.41) is 1.25. The molecule has 0 amide bonds. The molecule has 2 rings (SSSR count). The van der Waals surface area contributed by atoms with Crippen molar-refractivity contribution in [2.75, 3.05) is 0 Å². The summed E-state index contributed by atoms with van der Waals surface area (Å²) in [4.78, 5) is 4.54. The largest absolute Gasteiger partial charge is 0.241 e. The molecule has 1 nitrogen and oxygen atoms in total. The third-order valence-electron chi connectivity index (χ3n) is 1.86. The fraction of sp³-hybridized carbons (Fsp3) is 0.300. The van der Waals surface area contributed by atoms with Crippen molar-refractivity contribution in [3.05, 3.63) is 27.7 Å². The van der Waals surface area contributed by atoms with Crippen LogP contribution in [0.3, 0.4) is 0 Å². The summed E-state index contributed by atoms with van der Waals surface area (Å²) in [6.07, 6.45) is 2.26. The summed E-state index contributed by atoms with van der Waals surface area (Å²) in [5.74, 6) is 0. The molecule has 1 heterocycles. The molecule has 0 saturated heterocycles. The van der Waals surface area contributed by atoms with Gasteiger partial charge in [0.2, 0.25) is 0 Å². The Balaban J connectivity index is 2.49. The van der Waals surface area contributed by atoms with Crippen LogP contribution in [-0.2, 0) is 6.42 Å². The molecule has 2 aromatic rings. The monoisotopic (exact) mass is 255 g/mol. The second-order valence-corrected chi connectivity index (χ2v) is 5.00. The van der Waals surface area contributed by atoms with Gasteiger partial charge in [-0.05, 0) is 31.0 Å². The maximum absolute atomic E-state index is 4.54. The van der Waals surface area contributed by atoms with E-state index in [1.807, 2.05) is 6.07 Å². The van der Waals surface area contributed by atoms with Gasteiger partial charge in [0, 0.05) is 4.47 Å². The van der Waals surface area contributed by atoms with E-state index < -0.39 is 0 Å². The number of fused-ring (bicyclic) bond motifs is 1. The van der Waals surface area contributed by atoms with Crippen molar-refractivity contribution in [2.45, 2.75) is 19.8 Å². The first-order valence-corrected chi connectivity index (χ1v) is 5.95. The highest BCUT2D eigenvalue weighted by molar-refractivity contribution is 9.10. The second-order valence-electron chi connectivity index (χ2n) is 2.97. The summed E-state index contributed by atoms with van der Waals surface area (Å²) in [6.45, 7) is 2.18. The van der Waals surface area contributed by atoms with Gasteiger partial charge in [0.15, 0.2) is 0 Å². The van der Waals surface area contributed by atoms with Gasteiger partial charge in [-0.2, -0.15) is 0 Å². The van der Waals surface area contributed by atoms with Crippen molar-refractivity contribution in [1.29, 1.82) is 0 Å². The minimum Gasteiger partial charge on any atom is -0.241 e. The van der Waals surface area contributed by atoms with Gasteiger partial charge in [-0.3, -0.25) is 0 Å². The highest BCUT2D eigenvalue weighted by atomic mass is 79.9. The van der Waals surface area contributed by atoms with Gasteiger partial charge in [0.05, 0.1) is 15.2 Å². The lowest BCUT2D eigenvalue weighted by Crippen LogP contribution is -1.78. The molecule has 68 valence electrons. The summed E-state index contributed by atoms with van der Waals surface area (Å²) in [5.41, 5.74) is 1.12. The molecule has 0 spiro atoms. The van der Waals surface area contributed by atoms with Crippen LogP contribution in [0, 0.1) is 0 Å². The van der Waals surface area contributed by atoms with E-state index in [1.54, 1.807) is 11.3 Å². The van der Waals surface area contributed by atoms with Crippen LogP contribution in [0.5, 0.6) is 0 Å². The van der Waals surface area contributed by atoms with Crippen molar-refractivity contribution in [3.63, 3.8) is 0 Å². The Hall–Kier alpha value is -0.410. The molecule has 0 fully saturated rings. The highest BCUT2D eigenvalue weighted by Gasteiger charge is 2.02. The van der Waals surface area contributed by atoms with E-state index in [0.29, 0.717) is 0 Å². The Kier molecular flexibility index (Phi) is 2.65. The van der Waals surface area contributed by atoms with E-state index in [0.717, 1.165) is 16.4 Å². The summed E-state index contributed by atoms with van der Waals surface area (Å²) >= 11 is 5.25. The average Bonchev–Trinajstić information content (AvgIpc) is 2.46. The lowest BCUT2D eigenvalue weighted by atomic mass is 10.3. The van der Waals surface area contributed by atoms with Crippen LogP contribution < -0.4 is 0 Å². The molecule has 0 saturated carbocycles. The summed E-state index contributed by atoms with van der Waals surface area (Å²) in [6, 6.07) is 6.24. The number of rotatable bonds is 2. The van der Waals surface area contributed by atoms with Gasteiger partial charge in [-0.25, -0.2) is 4.98 Å². The highest BCUT2D eigenvalue weighted by Crippen LogP contribution is 2.25. The molecule has 3 heteroatoms. The number of benzene rings is 1. The summed E-state index contributed by atoms with van der Waals surface area (Å²) in [7, 11) is 0. The van der Waals surface area contributed by atoms with Crippen molar-refractivity contribution in [2.24, 2.45) is 0 Å². The zero-order valence-corrected chi connectivity index (χ0v) is 9.78. The standard InChI is InChI=1S/C10H10BrNS/c1-2-3-10-12-8-5-4-7(11)6-9(8)13-10/h4-6H,2-3H2,1H3. The minimum atomic E-state index is 1.09. The molecule has 0 aliphatic heterocycles. The Morgan fingerprint density at radius 2 is 2.31 bits per heavy atom. The number of hydrogen-bond donors (Lipinski definition) is 0. The van der Waals surface area contributed by atoms with Crippen molar-refractivity contribution in [3.8, 4) is 0 Å². The first-order valence-electron chi connectivity index (χ1n) is 4.34. The lowest BCUT2D eigenvalue weighted by Gasteiger charge is -1.87. The average molecular weight is 256 g/mol. The first kappa shape index (κ1) is 9.16. The number of halogens is 1. The second kappa shape index (κ2) is 3.76. The fourth-order valence-electron chi connectivity index (χ4n) is 1.27. The Labute approximate surface area is 89.9 Å². The van der Waals surface area contributed by atoms with Gasteiger partial charge in [0.25, 0.3) is 0 Å². The normalized spacial score (nSPS) is 10.9. The molecular formula is C10H10BrNS. The fourth-order valence-corrected chi connectivity index (χ4v) is 2.89. The van der Waals surface area contributed by atoms with Gasteiger partial charge < -0.3 is 0 Å². The Bertz CT molecular complexity index is 422. The smallest absolute Gasteiger partial charge is 0.0938 e. The molecular weight excluding hydrogens is 246 g/mol. The molecule has 0 unspecified atom stereocenters. The molecule has 0 atom stereocenters.